The summed E-state index contributed by atoms with van der Waals surface area (Å²) in [5.41, 5.74) is 0.478. The third-order valence-electron chi connectivity index (χ3n) is 4.35. The molecule has 114 valence electrons. The number of nitrogens with zero attached hydrogens (tertiary/aromatic N) is 4. The second-order valence-electron chi connectivity index (χ2n) is 5.61. The van der Waals surface area contributed by atoms with E-state index in [2.05, 4.69) is 14.9 Å². The van der Waals surface area contributed by atoms with Crippen LogP contribution in [0.15, 0.2) is 9.59 Å². The number of hydrogen-bond donors (Lipinski definition) is 1. The first kappa shape index (κ1) is 14.1. The third kappa shape index (κ3) is 2.03. The van der Waals surface area contributed by atoms with Gasteiger partial charge in [-0.15, -0.1) is 0 Å². The fourth-order valence-corrected chi connectivity index (χ4v) is 3.17. The van der Waals surface area contributed by atoms with E-state index in [9.17, 15) is 9.59 Å². The van der Waals surface area contributed by atoms with Gasteiger partial charge in [-0.05, 0) is 25.9 Å². The molecule has 0 atom stereocenters. The van der Waals surface area contributed by atoms with E-state index in [-0.39, 0.29) is 17.3 Å². The summed E-state index contributed by atoms with van der Waals surface area (Å²) < 4.78 is 4.70. The topological polar surface area (TPSA) is 73.8 Å². The van der Waals surface area contributed by atoms with Crippen molar-refractivity contribution in [1.82, 2.24) is 24.0 Å². The van der Waals surface area contributed by atoms with Crippen molar-refractivity contribution in [3.63, 3.8) is 0 Å². The van der Waals surface area contributed by atoms with Gasteiger partial charge < -0.3 is 9.88 Å². The highest BCUT2D eigenvalue weighted by molar-refractivity contribution is 5.71. The zero-order chi connectivity index (χ0) is 15.1. The van der Waals surface area contributed by atoms with Gasteiger partial charge in [0.05, 0.1) is 0 Å². The Morgan fingerprint density at radius 2 is 1.86 bits per heavy atom. The molecule has 0 aromatic carbocycles. The molecule has 2 aromatic heterocycles. The minimum Gasteiger partial charge on any atom is -0.319 e. The van der Waals surface area contributed by atoms with Crippen LogP contribution in [0.3, 0.4) is 0 Å². The minimum atomic E-state index is -0.329. The van der Waals surface area contributed by atoms with Crippen molar-refractivity contribution < 1.29 is 0 Å². The average molecular weight is 291 g/mol. The fourth-order valence-electron chi connectivity index (χ4n) is 3.17. The Bertz CT molecular complexity index is 792. The Morgan fingerprint density at radius 1 is 1.19 bits per heavy atom. The highest BCUT2D eigenvalue weighted by Gasteiger charge is 2.24. The molecule has 1 aliphatic heterocycles. The lowest BCUT2D eigenvalue weighted by molar-refractivity contribution is 0.367. The SMILES string of the molecule is CCc1nc2c(c(=O)n(C)c(=O)n2C)n1C1CCNCC1. The van der Waals surface area contributed by atoms with Crippen molar-refractivity contribution >= 4 is 11.2 Å². The maximum Gasteiger partial charge on any atom is 0.332 e. The summed E-state index contributed by atoms with van der Waals surface area (Å²) in [6.07, 6.45) is 2.70. The van der Waals surface area contributed by atoms with Crippen molar-refractivity contribution in [2.75, 3.05) is 13.1 Å². The zero-order valence-corrected chi connectivity index (χ0v) is 12.7. The summed E-state index contributed by atoms with van der Waals surface area (Å²) in [5.74, 6) is 0.884. The summed E-state index contributed by atoms with van der Waals surface area (Å²) in [6, 6.07) is 0.274. The van der Waals surface area contributed by atoms with Gasteiger partial charge >= 0.3 is 5.69 Å². The van der Waals surface area contributed by atoms with Crippen molar-refractivity contribution in [2.24, 2.45) is 14.1 Å². The molecule has 21 heavy (non-hydrogen) atoms. The number of imidazole rings is 1. The highest BCUT2D eigenvalue weighted by Crippen LogP contribution is 2.24. The van der Waals surface area contributed by atoms with Gasteiger partial charge in [0.1, 0.15) is 5.82 Å². The first-order chi connectivity index (χ1) is 10.1. The van der Waals surface area contributed by atoms with Crippen LogP contribution in [-0.2, 0) is 20.5 Å². The molecule has 1 N–H and O–H groups in total. The Kier molecular flexibility index (Phi) is 3.44. The quantitative estimate of drug-likeness (QED) is 0.840. The molecule has 3 heterocycles. The Morgan fingerprint density at radius 3 is 2.48 bits per heavy atom. The molecule has 1 aliphatic rings. The maximum absolute atomic E-state index is 12.6. The number of nitrogens with one attached hydrogen (secondary N) is 1. The van der Waals surface area contributed by atoms with E-state index in [1.165, 1.54) is 16.2 Å². The predicted molar refractivity (Wildman–Crippen MR) is 80.7 cm³/mol. The molecule has 0 bridgehead atoms. The zero-order valence-electron chi connectivity index (χ0n) is 12.7. The lowest BCUT2D eigenvalue weighted by atomic mass is 10.1. The molecule has 7 nitrogen and oxygen atoms in total. The van der Waals surface area contributed by atoms with Crippen LogP contribution < -0.4 is 16.6 Å². The summed E-state index contributed by atoms with van der Waals surface area (Å²) in [6.45, 7) is 3.92. The van der Waals surface area contributed by atoms with E-state index >= 15 is 0 Å². The Hall–Kier alpha value is -1.89. The van der Waals surface area contributed by atoms with Crippen molar-refractivity contribution in [2.45, 2.75) is 32.2 Å². The van der Waals surface area contributed by atoms with Crippen LogP contribution in [-0.4, -0.2) is 31.8 Å². The van der Waals surface area contributed by atoms with Crippen molar-refractivity contribution in [3.8, 4) is 0 Å². The second kappa shape index (κ2) is 5.14. The molecule has 3 rings (SSSR count). The Labute approximate surface area is 122 Å². The first-order valence-electron chi connectivity index (χ1n) is 7.43. The third-order valence-corrected chi connectivity index (χ3v) is 4.35. The van der Waals surface area contributed by atoms with Gasteiger partial charge in [-0.2, -0.15) is 0 Å². The largest absolute Gasteiger partial charge is 0.332 e. The molecule has 0 spiro atoms. The highest BCUT2D eigenvalue weighted by atomic mass is 16.2. The van der Waals surface area contributed by atoms with E-state index in [0.717, 1.165) is 38.2 Å². The van der Waals surface area contributed by atoms with Gasteiger partial charge in [0.2, 0.25) is 0 Å². The molecule has 0 aliphatic carbocycles. The molecule has 1 saturated heterocycles. The van der Waals surface area contributed by atoms with E-state index in [1.54, 1.807) is 7.05 Å². The molecule has 0 radical (unpaired) electrons. The van der Waals surface area contributed by atoms with Gasteiger partial charge in [-0.25, -0.2) is 9.78 Å². The number of piperidine rings is 1. The van der Waals surface area contributed by atoms with Crippen LogP contribution >= 0.6 is 0 Å². The fraction of sp³-hybridized carbons (Fsp3) is 0.643. The monoisotopic (exact) mass is 291 g/mol. The van der Waals surface area contributed by atoms with Crippen molar-refractivity contribution in [1.29, 1.82) is 0 Å². The maximum atomic E-state index is 12.6. The van der Waals surface area contributed by atoms with Crippen molar-refractivity contribution in [3.05, 3.63) is 26.7 Å². The predicted octanol–water partition coefficient (Wildman–Crippen LogP) is -0.0794. The summed E-state index contributed by atoms with van der Waals surface area (Å²) in [5, 5.41) is 3.34. The van der Waals surface area contributed by atoms with Crippen LogP contribution in [0, 0.1) is 0 Å². The number of aryl methyl sites for hydroxylation is 2. The van der Waals surface area contributed by atoms with Gasteiger partial charge in [0, 0.05) is 26.6 Å². The second-order valence-corrected chi connectivity index (χ2v) is 5.61. The number of aromatic nitrogens is 4. The molecular weight excluding hydrogens is 270 g/mol. The first-order valence-corrected chi connectivity index (χ1v) is 7.43. The van der Waals surface area contributed by atoms with E-state index in [1.807, 2.05) is 6.92 Å². The van der Waals surface area contributed by atoms with E-state index in [0.29, 0.717) is 11.2 Å². The lowest BCUT2D eigenvalue weighted by Gasteiger charge is -2.25. The van der Waals surface area contributed by atoms with E-state index < -0.39 is 0 Å². The molecular formula is C14H21N5O2. The van der Waals surface area contributed by atoms with Crippen LogP contribution in [0.25, 0.3) is 11.2 Å². The number of rotatable bonds is 2. The molecule has 0 amide bonds. The number of fused-ring (bicyclic) bond motifs is 1. The van der Waals surface area contributed by atoms with Gasteiger partial charge in [0.25, 0.3) is 5.56 Å². The Balaban J connectivity index is 2.37. The normalized spacial score (nSPS) is 16.7. The van der Waals surface area contributed by atoms with Crippen LogP contribution in [0.2, 0.25) is 0 Å². The van der Waals surface area contributed by atoms with Crippen LogP contribution in [0.5, 0.6) is 0 Å². The molecule has 7 heteroatoms. The summed E-state index contributed by atoms with van der Waals surface area (Å²) in [7, 11) is 3.19. The molecule has 2 aromatic rings. The smallest absolute Gasteiger partial charge is 0.319 e. The summed E-state index contributed by atoms with van der Waals surface area (Å²) >= 11 is 0. The van der Waals surface area contributed by atoms with Crippen LogP contribution in [0.4, 0.5) is 0 Å². The van der Waals surface area contributed by atoms with Gasteiger partial charge in [0.15, 0.2) is 11.2 Å². The molecule has 1 fully saturated rings. The average Bonchev–Trinajstić information content (AvgIpc) is 2.91. The van der Waals surface area contributed by atoms with Crippen LogP contribution in [0.1, 0.15) is 31.6 Å². The van der Waals surface area contributed by atoms with Gasteiger partial charge in [-0.1, -0.05) is 6.92 Å². The van der Waals surface area contributed by atoms with E-state index in [4.69, 9.17) is 0 Å². The minimum absolute atomic E-state index is 0.251. The molecule has 0 saturated carbocycles. The standard InChI is InChI=1S/C14H21N5O2/c1-4-10-16-12-11(13(20)18(3)14(21)17(12)2)19(10)9-5-7-15-8-6-9/h9,15H,4-8H2,1-3H3. The number of hydrogen-bond acceptors (Lipinski definition) is 4. The van der Waals surface area contributed by atoms with Gasteiger partial charge in [-0.3, -0.25) is 13.9 Å². The summed E-state index contributed by atoms with van der Waals surface area (Å²) in [4.78, 5) is 29.2. The molecule has 0 unspecified atom stereocenters. The lowest BCUT2D eigenvalue weighted by Crippen LogP contribution is -2.38.